The number of hydrogen-bond donors (Lipinski definition) is 0. The average molecular weight is 556 g/mol. The lowest BCUT2D eigenvalue weighted by Gasteiger charge is -2.38. The summed E-state index contributed by atoms with van der Waals surface area (Å²) in [6.45, 7) is 10.5. The Balaban J connectivity index is 0.000000559. The second-order valence-electron chi connectivity index (χ2n) is 8.83. The number of anilines is 1. The standard InChI is InChI=1S/C24H33N3O.2C2H2O4/c1-3-24(28)27(23-12-8-5-9-13-23)21(2)20-26-18-16-25(17-19-26)15-14-22-10-6-4-7-11-22;2*3-1(4)2(5)6/h4-13,21H,3,14-20H2,1-2H3;2*(H,3,4)(H,5,6)/p-4. The topological polar surface area (TPSA) is 187 Å². The van der Waals surface area contributed by atoms with Crippen molar-refractivity contribution in [3.8, 4) is 0 Å². The fraction of sp³-hybridized carbons (Fsp3) is 0.393. The highest BCUT2D eigenvalue weighted by atomic mass is 16.4. The van der Waals surface area contributed by atoms with Gasteiger partial charge < -0.3 is 49.4 Å². The highest BCUT2D eigenvalue weighted by molar-refractivity contribution is 6.25. The first-order valence-corrected chi connectivity index (χ1v) is 12.7. The van der Waals surface area contributed by atoms with Gasteiger partial charge in [0.05, 0.1) is 23.9 Å². The van der Waals surface area contributed by atoms with Crippen molar-refractivity contribution in [2.45, 2.75) is 32.7 Å². The molecule has 0 aromatic heterocycles. The number of benzene rings is 2. The summed E-state index contributed by atoms with van der Waals surface area (Å²) in [7, 11) is 0. The summed E-state index contributed by atoms with van der Waals surface area (Å²) in [6.07, 6.45) is 1.65. The Morgan fingerprint density at radius 1 is 0.725 bits per heavy atom. The van der Waals surface area contributed by atoms with Gasteiger partial charge in [0, 0.05) is 57.4 Å². The number of carboxylic acids is 4. The number of carbonyl (C=O) groups is 5. The Morgan fingerprint density at radius 2 is 1.15 bits per heavy atom. The molecule has 1 atom stereocenters. The van der Waals surface area contributed by atoms with Crippen LogP contribution in [0.15, 0.2) is 60.7 Å². The molecule has 2 aromatic rings. The van der Waals surface area contributed by atoms with Gasteiger partial charge in [0.1, 0.15) is 0 Å². The second-order valence-corrected chi connectivity index (χ2v) is 8.83. The van der Waals surface area contributed by atoms with Gasteiger partial charge in [-0.05, 0) is 31.0 Å². The van der Waals surface area contributed by atoms with Crippen molar-refractivity contribution >= 4 is 35.5 Å². The van der Waals surface area contributed by atoms with Gasteiger partial charge in [-0.3, -0.25) is 9.69 Å². The van der Waals surface area contributed by atoms with Gasteiger partial charge in [-0.1, -0.05) is 55.5 Å². The molecule has 1 heterocycles. The van der Waals surface area contributed by atoms with Gasteiger partial charge in [0.2, 0.25) is 5.91 Å². The molecule has 0 spiro atoms. The fourth-order valence-electron chi connectivity index (χ4n) is 3.99. The Morgan fingerprint density at radius 3 is 1.57 bits per heavy atom. The Hall–Kier alpha value is -4.29. The molecule has 0 saturated carbocycles. The highest BCUT2D eigenvalue weighted by Crippen LogP contribution is 2.19. The number of rotatable bonds is 8. The highest BCUT2D eigenvalue weighted by Gasteiger charge is 2.24. The number of para-hydroxylation sites is 1. The Bertz CT molecular complexity index is 1040. The van der Waals surface area contributed by atoms with Gasteiger partial charge in [0.25, 0.3) is 0 Å². The van der Waals surface area contributed by atoms with Crippen molar-refractivity contribution in [2.75, 3.05) is 44.2 Å². The molecule has 1 fully saturated rings. The minimum Gasteiger partial charge on any atom is -0.543 e. The monoisotopic (exact) mass is 555 g/mol. The van der Waals surface area contributed by atoms with Gasteiger partial charge in [-0.25, -0.2) is 0 Å². The molecule has 1 aliphatic heterocycles. The predicted molar refractivity (Wildman–Crippen MR) is 137 cm³/mol. The second kappa shape index (κ2) is 18.1. The molecule has 1 aliphatic rings. The number of piperazine rings is 1. The molecule has 1 amide bonds. The normalized spacial score (nSPS) is 13.8. The maximum Gasteiger partial charge on any atom is 0.226 e. The van der Waals surface area contributed by atoms with Crippen LogP contribution >= 0.6 is 0 Å². The van der Waals surface area contributed by atoms with E-state index in [1.54, 1.807) is 0 Å². The third-order valence-corrected chi connectivity index (χ3v) is 5.93. The van der Waals surface area contributed by atoms with E-state index in [1.165, 1.54) is 5.56 Å². The molecule has 0 radical (unpaired) electrons. The van der Waals surface area contributed by atoms with Crippen molar-refractivity contribution in [3.63, 3.8) is 0 Å². The quantitative estimate of drug-likeness (QED) is 0.296. The zero-order chi connectivity index (χ0) is 30.1. The Labute approximate surface area is 233 Å². The van der Waals surface area contributed by atoms with Gasteiger partial charge in [0.15, 0.2) is 0 Å². The van der Waals surface area contributed by atoms with Crippen molar-refractivity contribution in [3.05, 3.63) is 66.2 Å². The molecular formula is C28H33N3O9-4. The summed E-state index contributed by atoms with van der Waals surface area (Å²) in [5.74, 6) is -8.55. The number of hydrogen-bond acceptors (Lipinski definition) is 11. The summed E-state index contributed by atoms with van der Waals surface area (Å²) in [4.78, 5) is 55.3. The summed E-state index contributed by atoms with van der Waals surface area (Å²) in [5, 5.41) is 35.7. The van der Waals surface area contributed by atoms with Crippen LogP contribution in [0.3, 0.4) is 0 Å². The van der Waals surface area contributed by atoms with E-state index in [0.717, 1.165) is 51.4 Å². The largest absolute Gasteiger partial charge is 0.543 e. The summed E-state index contributed by atoms with van der Waals surface area (Å²) in [5.41, 5.74) is 2.42. The molecule has 2 aromatic carbocycles. The summed E-state index contributed by atoms with van der Waals surface area (Å²) in [6, 6.07) is 21.0. The lowest BCUT2D eigenvalue weighted by Crippen LogP contribution is -2.52. The molecule has 12 nitrogen and oxygen atoms in total. The molecule has 218 valence electrons. The van der Waals surface area contributed by atoms with E-state index in [2.05, 4.69) is 47.1 Å². The molecule has 40 heavy (non-hydrogen) atoms. The molecule has 1 saturated heterocycles. The number of aliphatic carboxylic acids is 4. The van der Waals surface area contributed by atoms with Gasteiger partial charge >= 0.3 is 0 Å². The van der Waals surface area contributed by atoms with Crippen molar-refractivity contribution < 1.29 is 44.4 Å². The van der Waals surface area contributed by atoms with Crippen molar-refractivity contribution in [2.24, 2.45) is 0 Å². The minimum atomic E-state index is -2.19. The van der Waals surface area contributed by atoms with Crippen LogP contribution in [-0.4, -0.2) is 84.9 Å². The van der Waals surface area contributed by atoms with E-state index in [9.17, 15) is 4.79 Å². The maximum atomic E-state index is 12.6. The number of amides is 1. The number of carbonyl (C=O) groups excluding carboxylic acids is 5. The van der Waals surface area contributed by atoms with Crippen LogP contribution in [0.1, 0.15) is 25.8 Å². The van der Waals surface area contributed by atoms with Crippen LogP contribution in [0, 0.1) is 0 Å². The summed E-state index contributed by atoms with van der Waals surface area (Å²) >= 11 is 0. The van der Waals surface area contributed by atoms with E-state index in [1.807, 2.05) is 42.2 Å². The van der Waals surface area contributed by atoms with E-state index in [0.29, 0.717) is 6.42 Å². The van der Waals surface area contributed by atoms with Crippen LogP contribution < -0.4 is 25.3 Å². The molecule has 0 bridgehead atoms. The zero-order valence-corrected chi connectivity index (χ0v) is 22.5. The van der Waals surface area contributed by atoms with Crippen molar-refractivity contribution in [1.82, 2.24) is 9.80 Å². The average Bonchev–Trinajstić information content (AvgIpc) is 2.94. The van der Waals surface area contributed by atoms with Crippen LogP contribution in [0.5, 0.6) is 0 Å². The lowest BCUT2D eigenvalue weighted by atomic mass is 10.1. The first-order chi connectivity index (χ1) is 19.0. The molecule has 12 heteroatoms. The first-order valence-electron chi connectivity index (χ1n) is 12.7. The van der Waals surface area contributed by atoms with E-state index < -0.39 is 23.9 Å². The summed E-state index contributed by atoms with van der Waals surface area (Å²) < 4.78 is 0. The molecule has 0 aliphatic carbocycles. The first kappa shape index (κ1) is 33.7. The third kappa shape index (κ3) is 13.0. The van der Waals surface area contributed by atoms with Gasteiger partial charge in [-0.15, -0.1) is 0 Å². The van der Waals surface area contributed by atoms with Crippen molar-refractivity contribution in [1.29, 1.82) is 0 Å². The van der Waals surface area contributed by atoms with E-state index >= 15 is 0 Å². The molecular weight excluding hydrogens is 522 g/mol. The predicted octanol–water partition coefficient (Wildman–Crippen LogP) is -3.35. The number of carboxylic acid groups (broad SMARTS) is 4. The molecule has 1 unspecified atom stereocenters. The smallest absolute Gasteiger partial charge is 0.226 e. The fourth-order valence-corrected chi connectivity index (χ4v) is 3.99. The molecule has 0 N–H and O–H groups in total. The Kier molecular flexibility index (Phi) is 15.2. The van der Waals surface area contributed by atoms with Gasteiger partial charge in [-0.2, -0.15) is 0 Å². The van der Waals surface area contributed by atoms with Crippen LogP contribution in [0.2, 0.25) is 0 Å². The van der Waals surface area contributed by atoms with E-state index in [4.69, 9.17) is 39.6 Å². The van der Waals surface area contributed by atoms with Crippen LogP contribution in [-0.2, 0) is 30.4 Å². The van der Waals surface area contributed by atoms with Crippen LogP contribution in [0.25, 0.3) is 0 Å². The molecule has 3 rings (SSSR count). The minimum absolute atomic E-state index is 0.172. The van der Waals surface area contributed by atoms with E-state index in [-0.39, 0.29) is 11.9 Å². The number of nitrogens with zero attached hydrogens (tertiary/aromatic N) is 3. The zero-order valence-electron chi connectivity index (χ0n) is 22.5. The lowest BCUT2D eigenvalue weighted by molar-refractivity contribution is -0.345. The third-order valence-electron chi connectivity index (χ3n) is 5.93. The van der Waals surface area contributed by atoms with Crippen LogP contribution in [0.4, 0.5) is 5.69 Å². The maximum absolute atomic E-state index is 12.6. The SMILES string of the molecule is CCC(=O)N(c1ccccc1)C(C)CN1CCN(CCc2ccccc2)CC1.O=C([O-])C(=O)[O-].O=C([O-])C(=O)[O-].